The largest absolute Gasteiger partial charge is 0.389 e. The summed E-state index contributed by atoms with van der Waals surface area (Å²) in [6.07, 6.45) is 2.07. The Labute approximate surface area is 109 Å². The van der Waals surface area contributed by atoms with Crippen molar-refractivity contribution >= 4 is 11.8 Å². The highest BCUT2D eigenvalue weighted by Gasteiger charge is 2.34. The number of thioether (sulfide) groups is 1. The fraction of sp³-hybridized carbons (Fsp3) is 0.571. The highest BCUT2D eigenvalue weighted by molar-refractivity contribution is 7.98. The fourth-order valence-electron chi connectivity index (χ4n) is 1.28. The molecule has 0 fully saturated rings. The van der Waals surface area contributed by atoms with Crippen molar-refractivity contribution in [1.29, 1.82) is 0 Å². The van der Waals surface area contributed by atoms with Gasteiger partial charge in [-0.15, -0.1) is 11.8 Å². The van der Waals surface area contributed by atoms with Gasteiger partial charge in [0.05, 0.1) is 5.60 Å². The summed E-state index contributed by atoms with van der Waals surface area (Å²) < 4.78 is 0. The van der Waals surface area contributed by atoms with Crippen LogP contribution in [0, 0.1) is 0 Å². The van der Waals surface area contributed by atoms with E-state index in [-0.39, 0.29) is 5.54 Å². The van der Waals surface area contributed by atoms with Crippen LogP contribution in [-0.2, 0) is 6.54 Å². The molecular weight excluding hydrogens is 230 g/mol. The van der Waals surface area contributed by atoms with Crippen molar-refractivity contribution in [3.63, 3.8) is 0 Å². The maximum Gasteiger partial charge on any atom is 0.0767 e. The zero-order valence-corrected chi connectivity index (χ0v) is 12.2. The summed E-state index contributed by atoms with van der Waals surface area (Å²) in [6, 6.07) is 8.50. The molecule has 3 heteroatoms. The maximum atomic E-state index is 10.0. The molecule has 0 aromatic heterocycles. The van der Waals surface area contributed by atoms with Crippen LogP contribution in [0.25, 0.3) is 0 Å². The third kappa shape index (κ3) is 4.02. The van der Waals surface area contributed by atoms with E-state index in [2.05, 4.69) is 35.8 Å². The Hall–Kier alpha value is -0.510. The minimum atomic E-state index is -0.744. The summed E-state index contributed by atoms with van der Waals surface area (Å²) in [5, 5.41) is 13.4. The number of hydrogen-bond donors (Lipinski definition) is 2. The van der Waals surface area contributed by atoms with Gasteiger partial charge < -0.3 is 10.4 Å². The Morgan fingerprint density at radius 2 is 1.65 bits per heavy atom. The van der Waals surface area contributed by atoms with Gasteiger partial charge in [0, 0.05) is 17.0 Å². The molecular formula is C14H23NOS. The van der Waals surface area contributed by atoms with Gasteiger partial charge in [0.25, 0.3) is 0 Å². The molecule has 1 aromatic rings. The molecule has 2 N–H and O–H groups in total. The van der Waals surface area contributed by atoms with Gasteiger partial charge in [-0.25, -0.2) is 0 Å². The number of aliphatic hydroxyl groups is 1. The number of nitrogens with one attached hydrogen (secondary N) is 1. The molecule has 0 aliphatic heterocycles. The van der Waals surface area contributed by atoms with E-state index in [1.807, 2.05) is 27.7 Å². The van der Waals surface area contributed by atoms with Crippen molar-refractivity contribution in [2.24, 2.45) is 0 Å². The predicted molar refractivity (Wildman–Crippen MR) is 75.4 cm³/mol. The lowest BCUT2D eigenvalue weighted by Crippen LogP contribution is -2.55. The van der Waals surface area contributed by atoms with Crippen LogP contribution < -0.4 is 5.32 Å². The first kappa shape index (κ1) is 14.6. The third-order valence-corrected chi connectivity index (χ3v) is 4.17. The van der Waals surface area contributed by atoms with Crippen LogP contribution in [0.4, 0.5) is 0 Å². The summed E-state index contributed by atoms with van der Waals surface area (Å²) in [5.41, 5.74) is 0.178. The average Bonchev–Trinajstić information content (AvgIpc) is 2.25. The van der Waals surface area contributed by atoms with E-state index in [1.54, 1.807) is 11.8 Å². The molecule has 1 aromatic carbocycles. The lowest BCUT2D eigenvalue weighted by atomic mass is 9.86. The highest BCUT2D eigenvalue weighted by Crippen LogP contribution is 2.21. The Morgan fingerprint density at radius 1 is 1.12 bits per heavy atom. The van der Waals surface area contributed by atoms with Crippen LogP contribution in [0.2, 0.25) is 0 Å². The second-order valence-corrected chi connectivity index (χ2v) is 6.27. The van der Waals surface area contributed by atoms with Crippen molar-refractivity contribution in [3.8, 4) is 0 Å². The molecule has 0 heterocycles. The quantitative estimate of drug-likeness (QED) is 0.791. The van der Waals surface area contributed by atoms with Gasteiger partial charge >= 0.3 is 0 Å². The SMILES string of the molecule is CSc1ccc(CNC(C)(C)C(C)(C)O)cc1. The van der Waals surface area contributed by atoms with E-state index in [1.165, 1.54) is 10.5 Å². The van der Waals surface area contributed by atoms with Crippen LogP contribution in [0.1, 0.15) is 33.3 Å². The van der Waals surface area contributed by atoms with E-state index in [0.717, 1.165) is 6.54 Å². The molecule has 0 bridgehead atoms. The summed E-state index contributed by atoms with van der Waals surface area (Å²) in [5.74, 6) is 0. The first-order valence-electron chi connectivity index (χ1n) is 5.86. The minimum absolute atomic E-state index is 0.314. The van der Waals surface area contributed by atoms with Gasteiger partial charge in [-0.3, -0.25) is 0 Å². The van der Waals surface area contributed by atoms with Crippen molar-refractivity contribution in [2.45, 2.75) is 50.3 Å². The Morgan fingerprint density at radius 3 is 2.06 bits per heavy atom. The smallest absolute Gasteiger partial charge is 0.0767 e. The Balaban J connectivity index is 2.61. The van der Waals surface area contributed by atoms with Crippen LogP contribution in [-0.4, -0.2) is 22.5 Å². The first-order valence-corrected chi connectivity index (χ1v) is 7.09. The Kier molecular flexibility index (Phi) is 4.64. The van der Waals surface area contributed by atoms with Gasteiger partial charge in [-0.1, -0.05) is 12.1 Å². The molecule has 0 spiro atoms. The van der Waals surface area contributed by atoms with Crippen molar-refractivity contribution in [2.75, 3.05) is 6.26 Å². The van der Waals surface area contributed by atoms with Crippen molar-refractivity contribution in [3.05, 3.63) is 29.8 Å². The second kappa shape index (κ2) is 5.42. The second-order valence-electron chi connectivity index (χ2n) is 5.39. The molecule has 0 amide bonds. The van der Waals surface area contributed by atoms with E-state index in [9.17, 15) is 5.11 Å². The van der Waals surface area contributed by atoms with Crippen LogP contribution in [0.15, 0.2) is 29.2 Å². The number of hydrogen-bond acceptors (Lipinski definition) is 3. The Bertz CT molecular complexity index is 351. The zero-order chi connectivity index (χ0) is 13.1. The first-order chi connectivity index (χ1) is 7.76. The molecule has 0 atom stereocenters. The number of rotatable bonds is 5. The van der Waals surface area contributed by atoms with E-state index in [4.69, 9.17) is 0 Å². The minimum Gasteiger partial charge on any atom is -0.389 e. The van der Waals surface area contributed by atoms with Crippen molar-refractivity contribution < 1.29 is 5.11 Å². The van der Waals surface area contributed by atoms with E-state index < -0.39 is 5.60 Å². The van der Waals surface area contributed by atoms with Crippen molar-refractivity contribution in [1.82, 2.24) is 5.32 Å². The van der Waals surface area contributed by atoms with Gasteiger partial charge in [-0.05, 0) is 51.6 Å². The van der Waals surface area contributed by atoms with Gasteiger partial charge in [-0.2, -0.15) is 0 Å². The zero-order valence-electron chi connectivity index (χ0n) is 11.4. The molecule has 2 nitrogen and oxygen atoms in total. The van der Waals surface area contributed by atoms with Crippen LogP contribution in [0.3, 0.4) is 0 Å². The van der Waals surface area contributed by atoms with Gasteiger partial charge in [0.2, 0.25) is 0 Å². The molecule has 0 unspecified atom stereocenters. The summed E-state index contributed by atoms with van der Waals surface area (Å²) in [4.78, 5) is 1.27. The third-order valence-electron chi connectivity index (χ3n) is 3.42. The van der Waals surface area contributed by atoms with Crippen LogP contribution >= 0.6 is 11.8 Å². The molecule has 0 aliphatic carbocycles. The van der Waals surface area contributed by atoms with E-state index in [0.29, 0.717) is 0 Å². The van der Waals surface area contributed by atoms with Gasteiger partial charge in [0.15, 0.2) is 0 Å². The monoisotopic (exact) mass is 253 g/mol. The normalized spacial score (nSPS) is 12.8. The summed E-state index contributed by atoms with van der Waals surface area (Å²) in [7, 11) is 0. The lowest BCUT2D eigenvalue weighted by Gasteiger charge is -2.38. The average molecular weight is 253 g/mol. The molecule has 0 saturated carbocycles. The standard InChI is InChI=1S/C14H23NOS/c1-13(2,14(3,4)16)15-10-11-6-8-12(17-5)9-7-11/h6-9,15-16H,10H2,1-5H3. The summed E-state index contributed by atoms with van der Waals surface area (Å²) in [6.45, 7) is 8.46. The predicted octanol–water partition coefficient (Wildman–Crippen LogP) is 3.05. The molecule has 17 heavy (non-hydrogen) atoms. The highest BCUT2D eigenvalue weighted by atomic mass is 32.2. The molecule has 0 radical (unpaired) electrons. The molecule has 0 aliphatic rings. The number of benzene rings is 1. The van der Waals surface area contributed by atoms with Gasteiger partial charge in [0.1, 0.15) is 0 Å². The van der Waals surface area contributed by atoms with Crippen LogP contribution in [0.5, 0.6) is 0 Å². The fourth-order valence-corrected chi connectivity index (χ4v) is 1.69. The maximum absolute atomic E-state index is 10.0. The molecule has 0 saturated heterocycles. The lowest BCUT2D eigenvalue weighted by molar-refractivity contribution is -0.00531. The summed E-state index contributed by atoms with van der Waals surface area (Å²) >= 11 is 1.74. The van der Waals surface area contributed by atoms with E-state index >= 15 is 0 Å². The topological polar surface area (TPSA) is 32.3 Å². The molecule has 1 rings (SSSR count). The molecule has 96 valence electrons.